The monoisotopic (exact) mass is 482 g/mol. The zero-order chi connectivity index (χ0) is 24.3. The third kappa shape index (κ3) is 4.95. The molecule has 0 N–H and O–H groups in total. The SMILES string of the molecule is CCOC(=O)c1cn(-c2ccc(OC)cc2)c(=O)n(Cc2cccc(C(F)(F)F)c2Cl)c1=O. The summed E-state index contributed by atoms with van der Waals surface area (Å²) in [5, 5.41) is -0.645. The molecule has 1 heterocycles. The predicted octanol–water partition coefficient (Wildman–Crippen LogP) is 3.91. The molecular weight excluding hydrogens is 465 g/mol. The molecule has 0 radical (unpaired) electrons. The third-order valence-corrected chi connectivity index (χ3v) is 5.18. The van der Waals surface area contributed by atoms with Gasteiger partial charge in [-0.1, -0.05) is 23.7 Å². The highest BCUT2D eigenvalue weighted by atomic mass is 35.5. The Morgan fingerprint density at radius 2 is 1.76 bits per heavy atom. The average molecular weight is 483 g/mol. The maximum atomic E-state index is 13.2. The smallest absolute Gasteiger partial charge is 0.417 e. The molecule has 11 heteroatoms. The molecule has 0 atom stereocenters. The number of carbonyl (C=O) groups is 1. The third-order valence-electron chi connectivity index (χ3n) is 4.73. The molecular formula is C22H18ClF3N2O5. The van der Waals surface area contributed by atoms with E-state index < -0.39 is 46.1 Å². The first-order chi connectivity index (χ1) is 15.6. The molecule has 0 fully saturated rings. The summed E-state index contributed by atoms with van der Waals surface area (Å²) in [5.74, 6) is -0.477. The van der Waals surface area contributed by atoms with E-state index in [2.05, 4.69) is 0 Å². The number of nitrogens with zero attached hydrogens (tertiary/aromatic N) is 2. The van der Waals surface area contributed by atoms with Crippen LogP contribution in [0.2, 0.25) is 5.02 Å². The van der Waals surface area contributed by atoms with Crippen LogP contribution in [-0.4, -0.2) is 28.8 Å². The summed E-state index contributed by atoms with van der Waals surface area (Å²) in [6.45, 7) is 0.918. The summed E-state index contributed by atoms with van der Waals surface area (Å²) >= 11 is 5.94. The van der Waals surface area contributed by atoms with Gasteiger partial charge in [0.1, 0.15) is 11.3 Å². The molecule has 174 valence electrons. The molecule has 0 aliphatic rings. The van der Waals surface area contributed by atoms with E-state index in [1.165, 1.54) is 25.3 Å². The quantitative estimate of drug-likeness (QED) is 0.498. The molecule has 7 nitrogen and oxygen atoms in total. The molecule has 0 unspecified atom stereocenters. The summed E-state index contributed by atoms with van der Waals surface area (Å²) in [7, 11) is 1.46. The number of benzene rings is 2. The standard InChI is InChI=1S/C22H18ClF3N2O5/c1-3-33-20(30)16-12-27(14-7-9-15(32-2)10-8-14)21(31)28(19(16)29)11-13-5-4-6-17(18(13)23)22(24,25)26/h4-10,12H,3,11H2,1-2H3. The molecule has 0 saturated heterocycles. The fraction of sp³-hybridized carbons (Fsp3) is 0.227. The molecule has 33 heavy (non-hydrogen) atoms. The van der Waals surface area contributed by atoms with E-state index in [1.807, 2.05) is 0 Å². The maximum Gasteiger partial charge on any atom is 0.417 e. The Morgan fingerprint density at radius 3 is 2.33 bits per heavy atom. The highest BCUT2D eigenvalue weighted by molar-refractivity contribution is 6.32. The van der Waals surface area contributed by atoms with Crippen molar-refractivity contribution in [2.24, 2.45) is 0 Å². The Morgan fingerprint density at radius 1 is 1.09 bits per heavy atom. The van der Waals surface area contributed by atoms with Crippen molar-refractivity contribution >= 4 is 17.6 Å². The number of aromatic nitrogens is 2. The Hall–Kier alpha value is -3.53. The fourth-order valence-electron chi connectivity index (χ4n) is 3.11. The van der Waals surface area contributed by atoms with Crippen molar-refractivity contribution in [2.75, 3.05) is 13.7 Å². The van der Waals surface area contributed by atoms with Gasteiger partial charge in [0.15, 0.2) is 0 Å². The van der Waals surface area contributed by atoms with E-state index in [9.17, 15) is 27.6 Å². The first-order valence-electron chi connectivity index (χ1n) is 9.61. The normalized spacial score (nSPS) is 11.3. The molecule has 0 bridgehead atoms. The van der Waals surface area contributed by atoms with E-state index in [1.54, 1.807) is 19.1 Å². The van der Waals surface area contributed by atoms with Crippen molar-refractivity contribution in [3.05, 3.63) is 91.2 Å². The molecule has 0 saturated carbocycles. The fourth-order valence-corrected chi connectivity index (χ4v) is 3.40. The number of hydrogen-bond acceptors (Lipinski definition) is 5. The van der Waals surface area contributed by atoms with Crippen LogP contribution < -0.4 is 16.0 Å². The van der Waals surface area contributed by atoms with Gasteiger partial charge >= 0.3 is 17.8 Å². The van der Waals surface area contributed by atoms with Crippen molar-refractivity contribution in [1.29, 1.82) is 0 Å². The van der Waals surface area contributed by atoms with Crippen molar-refractivity contribution in [1.82, 2.24) is 9.13 Å². The summed E-state index contributed by atoms with van der Waals surface area (Å²) in [4.78, 5) is 38.5. The van der Waals surface area contributed by atoms with Gasteiger partial charge in [-0.25, -0.2) is 9.59 Å². The van der Waals surface area contributed by atoms with Crippen LogP contribution in [0.1, 0.15) is 28.4 Å². The van der Waals surface area contributed by atoms with Gasteiger partial charge in [0, 0.05) is 6.20 Å². The molecule has 0 amide bonds. The first-order valence-corrected chi connectivity index (χ1v) is 9.99. The van der Waals surface area contributed by atoms with Crippen molar-refractivity contribution in [2.45, 2.75) is 19.6 Å². The van der Waals surface area contributed by atoms with Gasteiger partial charge in [-0.2, -0.15) is 13.2 Å². The molecule has 1 aromatic heterocycles. The number of hydrogen-bond donors (Lipinski definition) is 0. The van der Waals surface area contributed by atoms with Gasteiger partial charge in [0.05, 0.1) is 36.5 Å². The molecule has 0 spiro atoms. The second kappa shape index (κ2) is 9.53. The minimum Gasteiger partial charge on any atom is -0.497 e. The number of halogens is 4. The largest absolute Gasteiger partial charge is 0.497 e. The number of rotatable bonds is 6. The van der Waals surface area contributed by atoms with E-state index in [0.29, 0.717) is 10.3 Å². The predicted molar refractivity (Wildman–Crippen MR) is 114 cm³/mol. The van der Waals surface area contributed by atoms with Gasteiger partial charge in [-0.3, -0.25) is 13.9 Å². The van der Waals surface area contributed by atoms with Crippen LogP contribution >= 0.6 is 11.6 Å². The maximum absolute atomic E-state index is 13.2. The van der Waals surface area contributed by atoms with Gasteiger partial charge in [0.2, 0.25) is 0 Å². The number of carbonyl (C=O) groups excluding carboxylic acids is 1. The van der Waals surface area contributed by atoms with E-state index >= 15 is 0 Å². The lowest BCUT2D eigenvalue weighted by Gasteiger charge is -2.15. The minimum atomic E-state index is -4.73. The number of methoxy groups -OCH3 is 1. The Labute approximate surface area is 190 Å². The van der Waals surface area contributed by atoms with Gasteiger partial charge in [-0.05, 0) is 42.8 Å². The van der Waals surface area contributed by atoms with E-state index in [4.69, 9.17) is 21.1 Å². The van der Waals surface area contributed by atoms with Gasteiger partial charge in [-0.15, -0.1) is 0 Å². The van der Waals surface area contributed by atoms with E-state index in [0.717, 1.165) is 22.9 Å². The summed E-state index contributed by atoms with van der Waals surface area (Å²) in [5.41, 5.74) is -3.30. The second-order valence-electron chi connectivity index (χ2n) is 6.78. The van der Waals surface area contributed by atoms with Gasteiger partial charge < -0.3 is 9.47 Å². The minimum absolute atomic E-state index is 0.0284. The molecule has 2 aromatic carbocycles. The highest BCUT2D eigenvalue weighted by Crippen LogP contribution is 2.36. The number of ether oxygens (including phenoxy) is 2. The lowest BCUT2D eigenvalue weighted by Crippen LogP contribution is -2.42. The van der Waals surface area contributed by atoms with Crippen LogP contribution in [0, 0.1) is 0 Å². The second-order valence-corrected chi connectivity index (χ2v) is 7.16. The Bertz CT molecular complexity index is 1300. The van der Waals surface area contributed by atoms with Crippen LogP contribution in [0.15, 0.2) is 58.3 Å². The van der Waals surface area contributed by atoms with Crippen LogP contribution in [0.4, 0.5) is 13.2 Å². The van der Waals surface area contributed by atoms with E-state index in [-0.39, 0.29) is 17.9 Å². The summed E-state index contributed by atoms with van der Waals surface area (Å²) in [6.07, 6.45) is -3.69. The number of alkyl halides is 3. The lowest BCUT2D eigenvalue weighted by atomic mass is 10.1. The first kappa shape index (κ1) is 24.1. The Balaban J connectivity index is 2.22. The van der Waals surface area contributed by atoms with Gasteiger partial charge in [0.25, 0.3) is 5.56 Å². The zero-order valence-electron chi connectivity index (χ0n) is 17.5. The van der Waals surface area contributed by atoms with Crippen LogP contribution in [0.25, 0.3) is 5.69 Å². The molecule has 3 aromatic rings. The van der Waals surface area contributed by atoms with Crippen LogP contribution in [0.3, 0.4) is 0 Å². The highest BCUT2D eigenvalue weighted by Gasteiger charge is 2.34. The molecule has 3 rings (SSSR count). The van der Waals surface area contributed by atoms with Crippen molar-refractivity contribution in [3.63, 3.8) is 0 Å². The van der Waals surface area contributed by atoms with Crippen LogP contribution in [0.5, 0.6) is 5.75 Å². The lowest BCUT2D eigenvalue weighted by molar-refractivity contribution is -0.137. The summed E-state index contributed by atoms with van der Waals surface area (Å²) < 4.78 is 51.4. The van der Waals surface area contributed by atoms with Crippen molar-refractivity contribution < 1.29 is 27.4 Å². The number of esters is 1. The molecule has 0 aliphatic carbocycles. The zero-order valence-corrected chi connectivity index (χ0v) is 18.2. The van der Waals surface area contributed by atoms with Crippen LogP contribution in [-0.2, 0) is 17.5 Å². The summed E-state index contributed by atoms with van der Waals surface area (Å²) in [6, 6.07) is 9.32. The van der Waals surface area contributed by atoms with Crippen molar-refractivity contribution in [3.8, 4) is 11.4 Å². The average Bonchev–Trinajstić information content (AvgIpc) is 2.77. The topological polar surface area (TPSA) is 79.5 Å². The Kier molecular flexibility index (Phi) is 6.97. The molecule has 0 aliphatic heterocycles.